The van der Waals surface area contributed by atoms with E-state index < -0.39 is 10.0 Å². The van der Waals surface area contributed by atoms with Crippen molar-refractivity contribution in [1.29, 1.82) is 0 Å². The van der Waals surface area contributed by atoms with Crippen LogP contribution in [0.3, 0.4) is 0 Å². The normalized spacial score (nSPS) is 19.2. The molecule has 0 spiro atoms. The van der Waals surface area contributed by atoms with E-state index in [9.17, 15) is 13.2 Å². The van der Waals surface area contributed by atoms with E-state index in [-0.39, 0.29) is 12.2 Å². The van der Waals surface area contributed by atoms with Gasteiger partial charge in [-0.2, -0.15) is 4.31 Å². The fourth-order valence-electron chi connectivity index (χ4n) is 3.73. The smallest absolute Gasteiger partial charge is 0.410 e. The molecule has 0 N–H and O–H groups in total. The Bertz CT molecular complexity index is 840. The number of amides is 1. The predicted molar refractivity (Wildman–Crippen MR) is 110 cm³/mol. The van der Waals surface area contributed by atoms with Gasteiger partial charge in [-0.25, -0.2) is 13.2 Å². The molecule has 0 aromatic heterocycles. The van der Waals surface area contributed by atoms with E-state index in [1.165, 1.54) is 16.1 Å². The number of piperidine rings is 1. The van der Waals surface area contributed by atoms with Gasteiger partial charge in [-0.05, 0) is 55.7 Å². The number of carbonyl (C=O) groups is 1. The molecule has 0 radical (unpaired) electrons. The number of ether oxygens (including phenoxy) is 1. The van der Waals surface area contributed by atoms with Crippen LogP contribution >= 0.6 is 0 Å². The van der Waals surface area contributed by atoms with E-state index in [0.29, 0.717) is 19.0 Å². The maximum atomic E-state index is 12.0. The summed E-state index contributed by atoms with van der Waals surface area (Å²) in [6.45, 7) is 6.19. The van der Waals surface area contributed by atoms with Crippen LogP contribution in [-0.4, -0.2) is 55.7 Å². The van der Waals surface area contributed by atoms with E-state index in [1.807, 2.05) is 19.9 Å². The molecule has 1 amide bonds. The first-order valence-electron chi connectivity index (χ1n) is 9.93. The summed E-state index contributed by atoms with van der Waals surface area (Å²) in [6.07, 6.45) is 7.99. The summed E-state index contributed by atoms with van der Waals surface area (Å²) in [7, 11) is -3.14. The van der Waals surface area contributed by atoms with Crippen LogP contribution in [0.1, 0.15) is 43.4 Å². The minimum absolute atomic E-state index is 0.0846. The van der Waals surface area contributed by atoms with Crippen LogP contribution in [0, 0.1) is 5.92 Å². The molecule has 0 saturated carbocycles. The van der Waals surface area contributed by atoms with Crippen molar-refractivity contribution >= 4 is 22.2 Å². The molecule has 6 nitrogen and oxygen atoms in total. The first kappa shape index (κ1) is 20.9. The number of rotatable bonds is 4. The summed E-state index contributed by atoms with van der Waals surface area (Å²) in [6, 6.07) is 6.26. The zero-order valence-electron chi connectivity index (χ0n) is 16.9. The zero-order valence-corrected chi connectivity index (χ0v) is 17.7. The van der Waals surface area contributed by atoms with Gasteiger partial charge in [0.2, 0.25) is 10.0 Å². The molecular formula is C21H30N2O4S. The van der Waals surface area contributed by atoms with Gasteiger partial charge in [-0.3, -0.25) is 0 Å². The van der Waals surface area contributed by atoms with Crippen LogP contribution in [0.5, 0.6) is 0 Å². The van der Waals surface area contributed by atoms with Crippen molar-refractivity contribution in [2.75, 3.05) is 25.9 Å². The van der Waals surface area contributed by atoms with E-state index >= 15 is 0 Å². The Balaban J connectivity index is 1.56. The Hall–Kier alpha value is -1.86. The fourth-order valence-corrected chi connectivity index (χ4v) is 4.53. The largest absolute Gasteiger partial charge is 0.447 e. The van der Waals surface area contributed by atoms with Crippen molar-refractivity contribution in [3.8, 4) is 0 Å². The molecule has 1 aromatic rings. The molecule has 28 heavy (non-hydrogen) atoms. The van der Waals surface area contributed by atoms with E-state index in [2.05, 4.69) is 24.3 Å². The molecular weight excluding hydrogens is 376 g/mol. The Morgan fingerprint density at radius 1 is 1.18 bits per heavy atom. The minimum Gasteiger partial charge on any atom is -0.447 e. The first-order valence-corrected chi connectivity index (χ1v) is 11.8. The number of hydrogen-bond donors (Lipinski definition) is 0. The number of likely N-dealkylation sites (tertiary alicyclic amines) is 1. The summed E-state index contributed by atoms with van der Waals surface area (Å²) < 4.78 is 30.3. The van der Waals surface area contributed by atoms with Gasteiger partial charge in [0, 0.05) is 26.2 Å². The zero-order chi connectivity index (χ0) is 20.3. The maximum Gasteiger partial charge on any atom is 0.410 e. The van der Waals surface area contributed by atoms with Crippen molar-refractivity contribution in [1.82, 2.24) is 9.21 Å². The van der Waals surface area contributed by atoms with Crippen LogP contribution < -0.4 is 0 Å². The number of benzene rings is 1. The summed E-state index contributed by atoms with van der Waals surface area (Å²) in [4.78, 5) is 13.7. The lowest BCUT2D eigenvalue weighted by atomic mass is 9.94. The molecule has 2 heterocycles. The third kappa shape index (κ3) is 5.35. The number of allylic oxidation sites excluding steroid dienone is 1. The summed E-state index contributed by atoms with van der Waals surface area (Å²) >= 11 is 0. The van der Waals surface area contributed by atoms with Gasteiger partial charge < -0.3 is 9.64 Å². The first-order chi connectivity index (χ1) is 13.2. The van der Waals surface area contributed by atoms with Crippen molar-refractivity contribution in [2.45, 2.75) is 45.8 Å². The number of carbonyl (C=O) groups excluding carboxylic acids is 1. The van der Waals surface area contributed by atoms with E-state index in [0.717, 1.165) is 43.5 Å². The van der Waals surface area contributed by atoms with Gasteiger partial charge in [0.25, 0.3) is 0 Å². The van der Waals surface area contributed by atoms with E-state index in [1.54, 1.807) is 4.90 Å². The molecule has 0 aliphatic carbocycles. The van der Waals surface area contributed by atoms with E-state index in [4.69, 9.17) is 4.74 Å². The molecule has 154 valence electrons. The topological polar surface area (TPSA) is 66.9 Å². The average Bonchev–Trinajstić information content (AvgIpc) is 2.65. The quantitative estimate of drug-likeness (QED) is 0.770. The van der Waals surface area contributed by atoms with Crippen LogP contribution in [0.4, 0.5) is 4.79 Å². The fraction of sp³-hybridized carbons (Fsp3) is 0.571. The molecule has 1 fully saturated rings. The lowest BCUT2D eigenvalue weighted by Gasteiger charge is -2.30. The summed E-state index contributed by atoms with van der Waals surface area (Å²) in [5.74, 6) is 0.458. The summed E-state index contributed by atoms with van der Waals surface area (Å²) in [5.41, 5.74) is 3.47. The van der Waals surface area contributed by atoms with Gasteiger partial charge in [0.05, 0.1) is 12.4 Å². The second-order valence-corrected chi connectivity index (χ2v) is 9.97. The van der Waals surface area contributed by atoms with Crippen LogP contribution in [0.25, 0.3) is 6.08 Å². The molecule has 1 saturated heterocycles. The Kier molecular flexibility index (Phi) is 6.45. The SMILES string of the molecule is CC(C)OC(=O)N1CCC(/C=C/c2ccc3c(c2)CCN(S(C)(=O)=O)C3)CC1. The minimum atomic E-state index is -3.14. The third-order valence-corrected chi connectivity index (χ3v) is 6.62. The highest BCUT2D eigenvalue weighted by molar-refractivity contribution is 7.88. The number of nitrogens with zero attached hydrogens (tertiary/aromatic N) is 2. The number of sulfonamides is 1. The van der Waals surface area contributed by atoms with Gasteiger partial charge in [0.1, 0.15) is 0 Å². The van der Waals surface area contributed by atoms with Crippen molar-refractivity contribution < 1.29 is 17.9 Å². The van der Waals surface area contributed by atoms with Crippen LogP contribution in [-0.2, 0) is 27.7 Å². The standard InChI is InChI=1S/C21H30N2O4S/c1-16(2)27-21(24)22-11-8-17(9-12-22)4-5-18-6-7-20-15-23(28(3,25)26)13-10-19(20)14-18/h4-7,14,16-17H,8-13,15H2,1-3H3/b5-4+. The Morgan fingerprint density at radius 2 is 1.89 bits per heavy atom. The van der Waals surface area contributed by atoms with Crippen LogP contribution in [0.2, 0.25) is 0 Å². The monoisotopic (exact) mass is 406 g/mol. The summed E-state index contributed by atoms with van der Waals surface area (Å²) in [5, 5.41) is 0. The highest BCUT2D eigenvalue weighted by Gasteiger charge is 2.24. The molecule has 7 heteroatoms. The molecule has 3 rings (SSSR count). The molecule has 1 aromatic carbocycles. The molecule has 2 aliphatic heterocycles. The lowest BCUT2D eigenvalue weighted by molar-refractivity contribution is 0.0679. The van der Waals surface area contributed by atoms with Gasteiger partial charge in [-0.15, -0.1) is 0 Å². The van der Waals surface area contributed by atoms with Gasteiger partial charge >= 0.3 is 6.09 Å². The second kappa shape index (κ2) is 8.66. The lowest BCUT2D eigenvalue weighted by Crippen LogP contribution is -2.39. The van der Waals surface area contributed by atoms with Gasteiger partial charge in [-0.1, -0.05) is 30.4 Å². The molecule has 2 aliphatic rings. The van der Waals surface area contributed by atoms with Crippen molar-refractivity contribution in [3.63, 3.8) is 0 Å². The predicted octanol–water partition coefficient (Wildman–Crippen LogP) is 3.27. The Morgan fingerprint density at radius 3 is 2.54 bits per heavy atom. The molecule has 0 bridgehead atoms. The van der Waals surface area contributed by atoms with Crippen molar-refractivity contribution in [3.05, 3.63) is 41.0 Å². The molecule has 0 unspecified atom stereocenters. The van der Waals surface area contributed by atoms with Gasteiger partial charge in [0.15, 0.2) is 0 Å². The average molecular weight is 407 g/mol. The Labute approximate surface area is 168 Å². The highest BCUT2D eigenvalue weighted by Crippen LogP contribution is 2.24. The third-order valence-electron chi connectivity index (χ3n) is 5.37. The maximum absolute atomic E-state index is 12.0. The number of hydrogen-bond acceptors (Lipinski definition) is 4. The number of fused-ring (bicyclic) bond motifs is 1. The highest BCUT2D eigenvalue weighted by atomic mass is 32.2. The second-order valence-electron chi connectivity index (χ2n) is 7.99. The molecule has 0 atom stereocenters. The van der Waals surface area contributed by atoms with Crippen molar-refractivity contribution in [2.24, 2.45) is 5.92 Å². The van der Waals surface area contributed by atoms with Crippen LogP contribution in [0.15, 0.2) is 24.3 Å².